The highest BCUT2D eigenvalue weighted by molar-refractivity contribution is 5.85. The predicted molar refractivity (Wildman–Crippen MR) is 91.8 cm³/mol. The normalized spacial score (nSPS) is 17.7. The molecule has 24 heavy (non-hydrogen) atoms. The van der Waals surface area contributed by atoms with Crippen molar-refractivity contribution >= 4 is 28.4 Å². The van der Waals surface area contributed by atoms with Crippen LogP contribution in [0.4, 0.5) is 5.82 Å². The van der Waals surface area contributed by atoms with Crippen molar-refractivity contribution < 1.29 is 4.79 Å². The maximum Gasteiger partial charge on any atom is 0.220 e. The summed E-state index contributed by atoms with van der Waals surface area (Å²) in [5.74, 6) is 0.999. The van der Waals surface area contributed by atoms with E-state index in [0.29, 0.717) is 24.2 Å². The number of imidazole rings is 1. The highest BCUT2D eigenvalue weighted by atomic mass is 16.1. The Bertz CT molecular complexity index is 988. The maximum atomic E-state index is 11.4. The van der Waals surface area contributed by atoms with Crippen molar-refractivity contribution in [1.82, 2.24) is 14.7 Å². The van der Waals surface area contributed by atoms with Gasteiger partial charge in [-0.2, -0.15) is 5.26 Å². The number of nitriles is 1. The zero-order valence-electron chi connectivity index (χ0n) is 13.3. The van der Waals surface area contributed by atoms with Crippen molar-refractivity contribution in [3.05, 3.63) is 41.5 Å². The summed E-state index contributed by atoms with van der Waals surface area (Å²) >= 11 is 0. The largest absolute Gasteiger partial charge is 0.367 e. The van der Waals surface area contributed by atoms with Crippen LogP contribution in [0.25, 0.3) is 16.7 Å². The summed E-state index contributed by atoms with van der Waals surface area (Å²) in [5, 5.41) is 15.9. The van der Waals surface area contributed by atoms with Crippen LogP contribution in [-0.2, 0) is 4.79 Å². The van der Waals surface area contributed by atoms with Crippen LogP contribution >= 0.6 is 0 Å². The minimum Gasteiger partial charge on any atom is -0.367 e. The Hall–Kier alpha value is -3.07. The van der Waals surface area contributed by atoms with Crippen molar-refractivity contribution in [2.45, 2.75) is 25.8 Å². The number of piperidine rings is 1. The van der Waals surface area contributed by atoms with E-state index in [4.69, 9.17) is 0 Å². The first kappa shape index (κ1) is 14.5. The monoisotopic (exact) mass is 319 g/mol. The number of para-hydroxylation sites is 2. The Morgan fingerprint density at radius 1 is 1.42 bits per heavy atom. The first-order chi connectivity index (χ1) is 11.7. The molecule has 1 atom stereocenters. The minimum atomic E-state index is 0.0993. The zero-order chi connectivity index (χ0) is 16.7. The van der Waals surface area contributed by atoms with E-state index in [-0.39, 0.29) is 11.9 Å². The number of amides is 1. The molecule has 0 saturated carbocycles. The summed E-state index contributed by atoms with van der Waals surface area (Å²) in [6, 6.07) is 12.3. The highest BCUT2D eigenvalue weighted by Crippen LogP contribution is 2.27. The Kier molecular flexibility index (Phi) is 3.35. The molecule has 6 heteroatoms. The number of aromatic nitrogens is 2. The van der Waals surface area contributed by atoms with Crippen LogP contribution in [-0.4, -0.2) is 27.9 Å². The van der Waals surface area contributed by atoms with Gasteiger partial charge in [-0.1, -0.05) is 12.1 Å². The van der Waals surface area contributed by atoms with Crippen LogP contribution < -0.4 is 10.6 Å². The average Bonchev–Trinajstić information content (AvgIpc) is 2.96. The SMILES string of the molecule is Cc1cc(NC2CCC(=O)NC2)n2c(nc3ccccc32)c1C#N. The molecule has 4 rings (SSSR count). The van der Waals surface area contributed by atoms with Crippen LogP contribution in [0.3, 0.4) is 0 Å². The van der Waals surface area contributed by atoms with Crippen LogP contribution in [0, 0.1) is 18.3 Å². The second-order valence-electron chi connectivity index (χ2n) is 6.14. The van der Waals surface area contributed by atoms with E-state index in [1.54, 1.807) is 0 Å². The van der Waals surface area contributed by atoms with E-state index >= 15 is 0 Å². The molecule has 1 saturated heterocycles. The number of hydrogen-bond acceptors (Lipinski definition) is 4. The molecule has 0 radical (unpaired) electrons. The number of fused-ring (bicyclic) bond motifs is 3. The molecule has 6 nitrogen and oxygen atoms in total. The van der Waals surface area contributed by atoms with Crippen molar-refractivity contribution in [3.63, 3.8) is 0 Å². The van der Waals surface area contributed by atoms with E-state index in [2.05, 4.69) is 21.7 Å². The Balaban J connectivity index is 1.88. The van der Waals surface area contributed by atoms with Crippen LogP contribution in [0.1, 0.15) is 24.0 Å². The molecule has 1 unspecified atom stereocenters. The number of benzene rings is 1. The lowest BCUT2D eigenvalue weighted by atomic mass is 10.1. The molecule has 1 amide bonds. The lowest BCUT2D eigenvalue weighted by molar-refractivity contribution is -0.122. The van der Waals surface area contributed by atoms with E-state index in [0.717, 1.165) is 28.8 Å². The quantitative estimate of drug-likeness (QED) is 0.759. The fourth-order valence-electron chi connectivity index (χ4n) is 3.27. The van der Waals surface area contributed by atoms with Crippen molar-refractivity contribution in [1.29, 1.82) is 5.26 Å². The minimum absolute atomic E-state index is 0.0993. The summed E-state index contributed by atoms with van der Waals surface area (Å²) in [6.07, 6.45) is 1.32. The van der Waals surface area contributed by atoms with Crippen LogP contribution in [0.5, 0.6) is 0 Å². The fourth-order valence-corrected chi connectivity index (χ4v) is 3.27. The molecule has 0 bridgehead atoms. The first-order valence-corrected chi connectivity index (χ1v) is 8.01. The van der Waals surface area contributed by atoms with Crippen molar-refractivity contribution in [2.24, 2.45) is 0 Å². The second-order valence-corrected chi connectivity index (χ2v) is 6.14. The molecule has 2 N–H and O–H groups in total. The van der Waals surface area contributed by atoms with Gasteiger partial charge in [0.2, 0.25) is 5.91 Å². The van der Waals surface area contributed by atoms with Crippen LogP contribution in [0.2, 0.25) is 0 Å². The summed E-state index contributed by atoms with van der Waals surface area (Å²) in [7, 11) is 0. The third kappa shape index (κ3) is 2.26. The highest BCUT2D eigenvalue weighted by Gasteiger charge is 2.20. The van der Waals surface area contributed by atoms with Gasteiger partial charge in [0.1, 0.15) is 11.9 Å². The number of pyridine rings is 1. The predicted octanol–water partition coefficient (Wildman–Crippen LogP) is 2.36. The summed E-state index contributed by atoms with van der Waals surface area (Å²) in [4.78, 5) is 16.0. The van der Waals surface area contributed by atoms with E-state index in [1.807, 2.05) is 41.7 Å². The second kappa shape index (κ2) is 5.53. The lowest BCUT2D eigenvalue weighted by Gasteiger charge is -2.25. The molecule has 3 heterocycles. The Labute approximate surface area is 139 Å². The van der Waals surface area contributed by atoms with Gasteiger partial charge in [-0.3, -0.25) is 9.20 Å². The standard InChI is InChI=1S/C18H17N5O/c1-11-8-16(21-12-6-7-17(24)20-10-12)23-15-5-3-2-4-14(15)22-18(23)13(11)9-19/h2-5,8,12,21H,6-7,10H2,1H3,(H,20,24). The van der Waals surface area contributed by atoms with Gasteiger partial charge in [0.25, 0.3) is 0 Å². The molecule has 120 valence electrons. The summed E-state index contributed by atoms with van der Waals surface area (Å²) < 4.78 is 2.00. The summed E-state index contributed by atoms with van der Waals surface area (Å²) in [6.45, 7) is 2.53. The molecule has 1 aromatic carbocycles. The number of carbonyl (C=O) groups is 1. The van der Waals surface area contributed by atoms with E-state index in [1.165, 1.54) is 0 Å². The van der Waals surface area contributed by atoms with Crippen molar-refractivity contribution in [2.75, 3.05) is 11.9 Å². The maximum absolute atomic E-state index is 11.4. The lowest BCUT2D eigenvalue weighted by Crippen LogP contribution is -2.42. The average molecular weight is 319 g/mol. The smallest absolute Gasteiger partial charge is 0.220 e. The molecule has 3 aromatic rings. The van der Waals surface area contributed by atoms with Gasteiger partial charge in [-0.05, 0) is 37.1 Å². The van der Waals surface area contributed by atoms with Gasteiger partial charge in [-0.25, -0.2) is 4.98 Å². The number of rotatable bonds is 2. The molecule has 1 fully saturated rings. The molecule has 0 spiro atoms. The molecule has 1 aliphatic rings. The van der Waals surface area contributed by atoms with Gasteiger partial charge in [0.15, 0.2) is 5.65 Å². The number of carbonyl (C=O) groups excluding carboxylic acids is 1. The molecule has 1 aliphatic heterocycles. The fraction of sp³-hybridized carbons (Fsp3) is 0.278. The van der Waals surface area contributed by atoms with Gasteiger partial charge < -0.3 is 10.6 Å². The summed E-state index contributed by atoms with van der Waals surface area (Å²) in [5.41, 5.74) is 3.98. The number of nitrogens with one attached hydrogen (secondary N) is 2. The van der Waals surface area contributed by atoms with Crippen LogP contribution in [0.15, 0.2) is 30.3 Å². The Morgan fingerprint density at radius 3 is 3.00 bits per heavy atom. The Morgan fingerprint density at radius 2 is 2.25 bits per heavy atom. The molecule has 0 aliphatic carbocycles. The number of anilines is 1. The third-order valence-electron chi connectivity index (χ3n) is 4.50. The van der Waals surface area contributed by atoms with Gasteiger partial charge in [0, 0.05) is 19.0 Å². The number of nitrogens with zero attached hydrogens (tertiary/aromatic N) is 3. The number of aryl methyl sites for hydroxylation is 1. The molecular weight excluding hydrogens is 302 g/mol. The zero-order valence-corrected chi connectivity index (χ0v) is 13.3. The van der Waals surface area contributed by atoms with E-state index < -0.39 is 0 Å². The van der Waals surface area contributed by atoms with E-state index in [9.17, 15) is 10.1 Å². The molecular formula is C18H17N5O. The van der Waals surface area contributed by atoms with Gasteiger partial charge in [0.05, 0.1) is 16.6 Å². The number of hydrogen-bond donors (Lipinski definition) is 2. The van der Waals surface area contributed by atoms with Gasteiger partial charge in [-0.15, -0.1) is 0 Å². The van der Waals surface area contributed by atoms with Crippen molar-refractivity contribution in [3.8, 4) is 6.07 Å². The molecule has 2 aromatic heterocycles. The topological polar surface area (TPSA) is 82.2 Å². The third-order valence-corrected chi connectivity index (χ3v) is 4.50. The van der Waals surface area contributed by atoms with Gasteiger partial charge >= 0.3 is 0 Å². The first-order valence-electron chi connectivity index (χ1n) is 8.01.